The van der Waals surface area contributed by atoms with E-state index in [0.717, 1.165) is 0 Å². The number of halogens is 1. The van der Waals surface area contributed by atoms with Gasteiger partial charge in [0.25, 0.3) is 0 Å². The summed E-state index contributed by atoms with van der Waals surface area (Å²) in [5, 5.41) is 9.16. The fraction of sp³-hybridized carbons (Fsp3) is 0.200. The van der Waals surface area contributed by atoms with Crippen molar-refractivity contribution in [2.45, 2.75) is 11.3 Å². The summed E-state index contributed by atoms with van der Waals surface area (Å²) in [5.74, 6) is -0.415. The number of carbonyl (C=O) groups excluding carboxylic acids is 1. The highest BCUT2D eigenvalue weighted by atomic mass is 35.5. The maximum absolute atomic E-state index is 11.1. The van der Waals surface area contributed by atoms with E-state index in [2.05, 4.69) is 17.4 Å². The Bertz CT molecular complexity index is 440. The van der Waals surface area contributed by atoms with Crippen LogP contribution in [0.5, 0.6) is 0 Å². The Hall–Kier alpha value is -1.18. The predicted octanol–water partition coefficient (Wildman–Crippen LogP) is 2.22. The largest absolute Gasteiger partial charge is 0.469 e. The molecule has 0 aromatic heterocycles. The van der Waals surface area contributed by atoms with Crippen LogP contribution >= 0.6 is 24.2 Å². The highest BCUT2D eigenvalue weighted by Gasteiger charge is 2.12. The number of ether oxygens (including phenoxy) is 1. The zero-order chi connectivity index (χ0) is 11.4. The first kappa shape index (κ1) is 11.9. The van der Waals surface area contributed by atoms with E-state index in [0.29, 0.717) is 21.0 Å². The minimum absolute atomic E-state index is 0.0213. The maximum atomic E-state index is 11.1. The first-order valence-electron chi connectivity index (χ1n) is 4.06. The summed E-state index contributed by atoms with van der Waals surface area (Å²) in [6, 6.07) is 5.14. The van der Waals surface area contributed by atoms with Gasteiger partial charge >= 0.3 is 5.97 Å². The van der Waals surface area contributed by atoms with Crippen LogP contribution in [0.15, 0.2) is 17.0 Å². The quantitative estimate of drug-likeness (QED) is 0.638. The molecule has 1 aromatic rings. The zero-order valence-electron chi connectivity index (χ0n) is 7.95. The standard InChI is InChI=1S/C10H8ClNO2S/c1-14-10(13)3-6-2-7(15)4-9(11)8(6)5-12/h2,4,15H,3H2,1H3. The number of nitrogens with zero attached hydrogens (tertiary/aromatic N) is 1. The Balaban J connectivity index is 3.16. The Labute approximate surface area is 98.0 Å². The SMILES string of the molecule is COC(=O)Cc1cc(S)cc(Cl)c1C#N. The van der Waals surface area contributed by atoms with Gasteiger partial charge < -0.3 is 4.74 Å². The van der Waals surface area contributed by atoms with Crippen molar-refractivity contribution in [1.82, 2.24) is 0 Å². The van der Waals surface area contributed by atoms with Crippen LogP contribution in [-0.2, 0) is 16.0 Å². The molecule has 0 bridgehead atoms. The maximum Gasteiger partial charge on any atom is 0.310 e. The Kier molecular flexibility index (Phi) is 4.01. The van der Waals surface area contributed by atoms with Gasteiger partial charge in [0.2, 0.25) is 0 Å². The molecule has 0 fully saturated rings. The Morgan fingerprint density at radius 2 is 2.33 bits per heavy atom. The third-order valence-corrected chi connectivity index (χ3v) is 2.39. The lowest BCUT2D eigenvalue weighted by Crippen LogP contribution is -2.06. The molecular formula is C10H8ClNO2S. The number of hydrogen-bond acceptors (Lipinski definition) is 4. The molecule has 0 aliphatic carbocycles. The van der Waals surface area contributed by atoms with Crippen LogP contribution in [0.4, 0.5) is 0 Å². The second kappa shape index (κ2) is 5.06. The van der Waals surface area contributed by atoms with Gasteiger partial charge in [-0.15, -0.1) is 12.6 Å². The second-order valence-corrected chi connectivity index (χ2v) is 3.75. The topological polar surface area (TPSA) is 50.1 Å². The van der Waals surface area contributed by atoms with E-state index in [9.17, 15) is 4.79 Å². The fourth-order valence-electron chi connectivity index (χ4n) is 1.14. The molecule has 1 rings (SSSR count). The van der Waals surface area contributed by atoms with E-state index >= 15 is 0 Å². The first-order valence-corrected chi connectivity index (χ1v) is 4.89. The van der Waals surface area contributed by atoms with Crippen molar-refractivity contribution in [3.8, 4) is 6.07 Å². The normalized spacial score (nSPS) is 9.47. The van der Waals surface area contributed by atoms with Crippen molar-refractivity contribution in [3.05, 3.63) is 28.3 Å². The predicted molar refractivity (Wildman–Crippen MR) is 59.1 cm³/mol. The van der Waals surface area contributed by atoms with Gasteiger partial charge in [-0.25, -0.2) is 0 Å². The van der Waals surface area contributed by atoms with Gasteiger partial charge in [-0.1, -0.05) is 11.6 Å². The van der Waals surface area contributed by atoms with Gasteiger partial charge in [-0.05, 0) is 17.7 Å². The summed E-state index contributed by atoms with van der Waals surface area (Å²) < 4.78 is 4.52. The van der Waals surface area contributed by atoms with Gasteiger partial charge in [0.15, 0.2) is 0 Å². The van der Waals surface area contributed by atoms with Crippen molar-refractivity contribution in [2.75, 3.05) is 7.11 Å². The molecule has 0 aliphatic heterocycles. The molecule has 0 saturated heterocycles. The summed E-state index contributed by atoms with van der Waals surface area (Å²) in [7, 11) is 1.29. The molecule has 0 amide bonds. The van der Waals surface area contributed by atoms with Crippen LogP contribution in [0.25, 0.3) is 0 Å². The lowest BCUT2D eigenvalue weighted by atomic mass is 10.1. The van der Waals surface area contributed by atoms with Gasteiger partial charge in [-0.3, -0.25) is 4.79 Å². The third-order valence-electron chi connectivity index (χ3n) is 1.83. The van der Waals surface area contributed by atoms with E-state index in [4.69, 9.17) is 16.9 Å². The number of benzene rings is 1. The molecule has 15 heavy (non-hydrogen) atoms. The number of thiol groups is 1. The third kappa shape index (κ3) is 2.88. The van der Waals surface area contributed by atoms with Gasteiger partial charge in [0.05, 0.1) is 24.1 Å². The minimum atomic E-state index is -0.415. The monoisotopic (exact) mass is 241 g/mol. The van der Waals surface area contributed by atoms with E-state index in [-0.39, 0.29) is 6.42 Å². The molecule has 1 aromatic carbocycles. The highest BCUT2D eigenvalue weighted by Crippen LogP contribution is 2.24. The molecule has 0 heterocycles. The van der Waals surface area contributed by atoms with Gasteiger partial charge in [0, 0.05) is 4.90 Å². The molecule has 0 radical (unpaired) electrons. The molecule has 0 unspecified atom stereocenters. The van der Waals surface area contributed by atoms with Crippen LogP contribution in [0.2, 0.25) is 5.02 Å². The molecule has 5 heteroatoms. The summed E-state index contributed by atoms with van der Waals surface area (Å²) in [5.41, 5.74) is 0.821. The molecule has 0 atom stereocenters. The summed E-state index contributed by atoms with van der Waals surface area (Å²) >= 11 is 9.95. The molecule has 0 spiro atoms. The summed E-state index contributed by atoms with van der Waals surface area (Å²) in [6.07, 6.45) is 0.0213. The number of hydrogen-bond donors (Lipinski definition) is 1. The second-order valence-electron chi connectivity index (χ2n) is 2.83. The van der Waals surface area contributed by atoms with E-state index in [1.54, 1.807) is 12.1 Å². The number of methoxy groups -OCH3 is 1. The van der Waals surface area contributed by atoms with E-state index < -0.39 is 5.97 Å². The highest BCUT2D eigenvalue weighted by molar-refractivity contribution is 7.80. The molecule has 0 N–H and O–H groups in total. The number of carbonyl (C=O) groups is 1. The van der Waals surface area contributed by atoms with Crippen LogP contribution < -0.4 is 0 Å². The smallest absolute Gasteiger partial charge is 0.310 e. The summed E-state index contributed by atoms with van der Waals surface area (Å²) in [4.78, 5) is 11.7. The summed E-state index contributed by atoms with van der Waals surface area (Å²) in [6.45, 7) is 0. The number of nitriles is 1. The number of esters is 1. The molecule has 0 saturated carbocycles. The van der Waals surface area contributed by atoms with Crippen LogP contribution in [0.3, 0.4) is 0 Å². The fourth-order valence-corrected chi connectivity index (χ4v) is 1.78. The van der Waals surface area contributed by atoms with Crippen molar-refractivity contribution in [1.29, 1.82) is 5.26 Å². The van der Waals surface area contributed by atoms with Crippen LogP contribution in [0.1, 0.15) is 11.1 Å². The molecular weight excluding hydrogens is 234 g/mol. The Morgan fingerprint density at radius 1 is 1.67 bits per heavy atom. The van der Waals surface area contributed by atoms with Gasteiger partial charge in [-0.2, -0.15) is 5.26 Å². The van der Waals surface area contributed by atoms with Gasteiger partial charge in [0.1, 0.15) is 6.07 Å². The van der Waals surface area contributed by atoms with Crippen molar-refractivity contribution in [2.24, 2.45) is 0 Å². The molecule has 0 aliphatic rings. The molecule has 3 nitrogen and oxygen atoms in total. The van der Waals surface area contributed by atoms with Crippen molar-refractivity contribution >= 4 is 30.2 Å². The lowest BCUT2D eigenvalue weighted by Gasteiger charge is -2.05. The molecule has 78 valence electrons. The lowest BCUT2D eigenvalue weighted by molar-refractivity contribution is -0.139. The Morgan fingerprint density at radius 3 is 2.87 bits per heavy atom. The first-order chi connectivity index (χ1) is 7.08. The van der Waals surface area contributed by atoms with Crippen molar-refractivity contribution < 1.29 is 9.53 Å². The minimum Gasteiger partial charge on any atom is -0.469 e. The average molecular weight is 242 g/mol. The van der Waals surface area contributed by atoms with Crippen LogP contribution in [-0.4, -0.2) is 13.1 Å². The van der Waals surface area contributed by atoms with Crippen LogP contribution in [0, 0.1) is 11.3 Å². The van der Waals surface area contributed by atoms with E-state index in [1.807, 2.05) is 6.07 Å². The average Bonchev–Trinajstić information content (AvgIpc) is 2.17. The van der Waals surface area contributed by atoms with Crippen molar-refractivity contribution in [3.63, 3.8) is 0 Å². The van der Waals surface area contributed by atoms with E-state index in [1.165, 1.54) is 7.11 Å². The zero-order valence-corrected chi connectivity index (χ0v) is 9.60. The number of rotatable bonds is 2.